The van der Waals surface area contributed by atoms with Gasteiger partial charge in [0.05, 0.1) is 12.1 Å². The lowest BCUT2D eigenvalue weighted by Gasteiger charge is -2.11. The zero-order valence-electron chi connectivity index (χ0n) is 14.0. The Hall–Kier alpha value is -3.03. The van der Waals surface area contributed by atoms with Gasteiger partial charge in [0.25, 0.3) is 0 Å². The van der Waals surface area contributed by atoms with Gasteiger partial charge in [-0.1, -0.05) is 19.1 Å². The molecule has 3 N–H and O–H groups in total. The number of alkyl halides is 3. The van der Waals surface area contributed by atoms with Crippen LogP contribution in [0.4, 0.5) is 30.2 Å². The fraction of sp³-hybridized carbons (Fsp3) is 0.222. The third kappa shape index (κ3) is 5.80. The molecule has 0 aliphatic carbocycles. The molecule has 0 radical (unpaired) electrons. The predicted octanol–water partition coefficient (Wildman–Crippen LogP) is 4.10. The summed E-state index contributed by atoms with van der Waals surface area (Å²) in [4.78, 5) is 23.4. The highest BCUT2D eigenvalue weighted by Gasteiger charge is 2.30. The molecule has 0 heterocycles. The van der Waals surface area contributed by atoms with E-state index in [0.717, 1.165) is 12.1 Å². The van der Waals surface area contributed by atoms with Crippen LogP contribution < -0.4 is 16.0 Å². The smallest absolute Gasteiger partial charge is 0.376 e. The third-order valence-corrected chi connectivity index (χ3v) is 3.39. The number of benzene rings is 2. The maximum Gasteiger partial charge on any atom is 0.416 e. The SMILES string of the molecule is CCC(=O)Nc1cccc(NC(=O)CNc2cccc(C(F)(F)F)c2)c1. The van der Waals surface area contributed by atoms with Gasteiger partial charge in [-0.15, -0.1) is 0 Å². The van der Waals surface area contributed by atoms with Crippen LogP contribution in [0.5, 0.6) is 0 Å². The Morgan fingerprint density at radius 1 is 0.885 bits per heavy atom. The Morgan fingerprint density at radius 3 is 2.08 bits per heavy atom. The summed E-state index contributed by atoms with van der Waals surface area (Å²) in [6.45, 7) is 1.52. The van der Waals surface area contributed by atoms with Crippen molar-refractivity contribution in [2.75, 3.05) is 22.5 Å². The quantitative estimate of drug-likeness (QED) is 0.722. The molecule has 2 rings (SSSR count). The zero-order chi connectivity index (χ0) is 19.2. The lowest BCUT2D eigenvalue weighted by Crippen LogP contribution is -2.22. The summed E-state index contributed by atoms with van der Waals surface area (Å²) in [6, 6.07) is 11.2. The van der Waals surface area contributed by atoms with E-state index in [1.165, 1.54) is 12.1 Å². The van der Waals surface area contributed by atoms with Crippen molar-refractivity contribution in [3.8, 4) is 0 Å². The highest BCUT2D eigenvalue weighted by atomic mass is 19.4. The average Bonchev–Trinajstić information content (AvgIpc) is 2.59. The van der Waals surface area contributed by atoms with E-state index in [1.807, 2.05) is 0 Å². The van der Waals surface area contributed by atoms with Crippen molar-refractivity contribution in [3.05, 3.63) is 54.1 Å². The first-order chi connectivity index (χ1) is 12.3. The van der Waals surface area contributed by atoms with E-state index in [-0.39, 0.29) is 18.1 Å². The molecule has 2 aromatic rings. The maximum absolute atomic E-state index is 12.7. The van der Waals surface area contributed by atoms with E-state index in [1.54, 1.807) is 31.2 Å². The second-order valence-corrected chi connectivity index (χ2v) is 5.46. The first-order valence-electron chi connectivity index (χ1n) is 7.89. The zero-order valence-corrected chi connectivity index (χ0v) is 14.0. The highest BCUT2D eigenvalue weighted by Crippen LogP contribution is 2.30. The molecule has 0 saturated heterocycles. The molecule has 0 spiro atoms. The van der Waals surface area contributed by atoms with Crippen molar-refractivity contribution in [1.29, 1.82) is 0 Å². The number of hydrogen-bond donors (Lipinski definition) is 3. The van der Waals surface area contributed by atoms with Crippen LogP contribution in [-0.2, 0) is 15.8 Å². The summed E-state index contributed by atoms with van der Waals surface area (Å²) < 4.78 is 38.0. The molecule has 2 amide bonds. The van der Waals surface area contributed by atoms with Crippen LogP contribution in [0.1, 0.15) is 18.9 Å². The molecular weight excluding hydrogens is 347 g/mol. The summed E-state index contributed by atoms with van der Waals surface area (Å²) in [5.74, 6) is -0.582. The lowest BCUT2D eigenvalue weighted by atomic mass is 10.2. The summed E-state index contributed by atoms with van der Waals surface area (Å²) >= 11 is 0. The number of anilines is 3. The maximum atomic E-state index is 12.7. The number of halogens is 3. The topological polar surface area (TPSA) is 70.2 Å². The molecule has 0 unspecified atom stereocenters. The first kappa shape index (κ1) is 19.3. The van der Waals surface area contributed by atoms with Gasteiger partial charge in [-0.3, -0.25) is 9.59 Å². The summed E-state index contributed by atoms with van der Waals surface area (Å²) in [7, 11) is 0. The van der Waals surface area contributed by atoms with Gasteiger partial charge in [0, 0.05) is 23.5 Å². The number of hydrogen-bond acceptors (Lipinski definition) is 3. The van der Waals surface area contributed by atoms with Crippen LogP contribution in [-0.4, -0.2) is 18.4 Å². The molecule has 26 heavy (non-hydrogen) atoms. The molecule has 138 valence electrons. The standard InChI is InChI=1S/C18H18F3N3O2/c1-2-16(25)23-14-7-4-8-15(10-14)24-17(26)11-22-13-6-3-5-12(9-13)18(19,20)21/h3-10,22H,2,11H2,1H3,(H,23,25)(H,24,26). The fourth-order valence-corrected chi connectivity index (χ4v) is 2.12. The van der Waals surface area contributed by atoms with Crippen molar-refractivity contribution in [2.45, 2.75) is 19.5 Å². The number of carbonyl (C=O) groups excluding carboxylic acids is 2. The monoisotopic (exact) mass is 365 g/mol. The van der Waals surface area contributed by atoms with Crippen molar-refractivity contribution < 1.29 is 22.8 Å². The first-order valence-corrected chi connectivity index (χ1v) is 7.89. The Balaban J connectivity index is 1.93. The molecule has 0 fully saturated rings. The van der Waals surface area contributed by atoms with Crippen LogP contribution in [0, 0.1) is 0 Å². The van der Waals surface area contributed by atoms with E-state index >= 15 is 0 Å². The van der Waals surface area contributed by atoms with Gasteiger partial charge in [0.1, 0.15) is 0 Å². The number of rotatable bonds is 6. The van der Waals surface area contributed by atoms with Gasteiger partial charge < -0.3 is 16.0 Å². The largest absolute Gasteiger partial charge is 0.416 e. The molecule has 0 saturated carbocycles. The number of carbonyl (C=O) groups is 2. The molecular formula is C18H18F3N3O2. The number of amides is 2. The molecule has 8 heteroatoms. The van der Waals surface area contributed by atoms with E-state index < -0.39 is 17.6 Å². The summed E-state index contributed by atoms with van der Waals surface area (Å²) in [6.07, 6.45) is -4.11. The van der Waals surface area contributed by atoms with Crippen molar-refractivity contribution in [3.63, 3.8) is 0 Å². The summed E-state index contributed by atoms with van der Waals surface area (Å²) in [5.41, 5.74) is 0.413. The molecule has 0 bridgehead atoms. The van der Waals surface area contributed by atoms with Crippen LogP contribution in [0.15, 0.2) is 48.5 Å². The van der Waals surface area contributed by atoms with Gasteiger partial charge in [0.2, 0.25) is 11.8 Å². The van der Waals surface area contributed by atoms with Gasteiger partial charge >= 0.3 is 6.18 Å². The third-order valence-electron chi connectivity index (χ3n) is 3.39. The Kier molecular flexibility index (Phi) is 6.21. The van der Waals surface area contributed by atoms with Gasteiger partial charge in [-0.25, -0.2) is 0 Å². The van der Waals surface area contributed by atoms with E-state index in [2.05, 4.69) is 16.0 Å². The number of nitrogens with one attached hydrogen (secondary N) is 3. The van der Waals surface area contributed by atoms with Gasteiger partial charge in [-0.2, -0.15) is 13.2 Å². The minimum atomic E-state index is -4.44. The molecule has 2 aromatic carbocycles. The Bertz CT molecular complexity index is 791. The van der Waals surface area contributed by atoms with Crippen LogP contribution in [0.3, 0.4) is 0 Å². The molecule has 0 aromatic heterocycles. The average molecular weight is 365 g/mol. The molecule has 0 aliphatic heterocycles. The molecule has 5 nitrogen and oxygen atoms in total. The van der Waals surface area contributed by atoms with Crippen LogP contribution in [0.2, 0.25) is 0 Å². The minimum absolute atomic E-state index is 0.153. The van der Waals surface area contributed by atoms with Crippen molar-refractivity contribution >= 4 is 28.9 Å². The lowest BCUT2D eigenvalue weighted by molar-refractivity contribution is -0.137. The second-order valence-electron chi connectivity index (χ2n) is 5.46. The van der Waals surface area contributed by atoms with Crippen LogP contribution in [0.25, 0.3) is 0 Å². The van der Waals surface area contributed by atoms with E-state index in [4.69, 9.17) is 0 Å². The minimum Gasteiger partial charge on any atom is -0.376 e. The predicted molar refractivity (Wildman–Crippen MR) is 93.9 cm³/mol. The van der Waals surface area contributed by atoms with Crippen molar-refractivity contribution in [1.82, 2.24) is 0 Å². The molecule has 0 atom stereocenters. The Morgan fingerprint density at radius 2 is 1.46 bits per heavy atom. The second kappa shape index (κ2) is 8.37. The summed E-state index contributed by atoms with van der Waals surface area (Å²) in [5, 5.41) is 7.94. The van der Waals surface area contributed by atoms with E-state index in [9.17, 15) is 22.8 Å². The Labute approximate surface area is 148 Å². The van der Waals surface area contributed by atoms with Gasteiger partial charge in [0.15, 0.2) is 0 Å². The van der Waals surface area contributed by atoms with E-state index in [0.29, 0.717) is 17.8 Å². The van der Waals surface area contributed by atoms with Crippen molar-refractivity contribution in [2.24, 2.45) is 0 Å². The highest BCUT2D eigenvalue weighted by molar-refractivity contribution is 5.95. The molecule has 0 aliphatic rings. The normalized spacial score (nSPS) is 10.9. The van der Waals surface area contributed by atoms with Gasteiger partial charge in [-0.05, 0) is 36.4 Å². The van der Waals surface area contributed by atoms with Crippen LogP contribution >= 0.6 is 0 Å². The fourth-order valence-electron chi connectivity index (χ4n) is 2.12.